The molecule has 12 heteroatoms. The van der Waals surface area contributed by atoms with Gasteiger partial charge in [-0.2, -0.15) is 10.1 Å². The summed E-state index contributed by atoms with van der Waals surface area (Å²) in [5, 5.41) is 15.4. The molecule has 12 nitrogen and oxygen atoms in total. The van der Waals surface area contributed by atoms with Crippen LogP contribution in [0.3, 0.4) is 0 Å². The van der Waals surface area contributed by atoms with Gasteiger partial charge in [0, 0.05) is 36.0 Å². The van der Waals surface area contributed by atoms with E-state index in [4.69, 9.17) is 14.5 Å². The van der Waals surface area contributed by atoms with Crippen molar-refractivity contribution in [3.63, 3.8) is 0 Å². The summed E-state index contributed by atoms with van der Waals surface area (Å²) >= 11 is 0. The van der Waals surface area contributed by atoms with Crippen LogP contribution in [0.1, 0.15) is 16.7 Å². The van der Waals surface area contributed by atoms with E-state index in [2.05, 4.69) is 36.9 Å². The third kappa shape index (κ3) is 5.39. The number of pyridine rings is 1. The number of hydrogen-bond donors (Lipinski definition) is 4. The molecule has 0 saturated carbocycles. The molecule has 47 heavy (non-hydrogen) atoms. The van der Waals surface area contributed by atoms with Gasteiger partial charge in [-0.05, 0) is 54.4 Å². The van der Waals surface area contributed by atoms with Crippen LogP contribution in [-0.4, -0.2) is 54.9 Å². The van der Waals surface area contributed by atoms with Crippen LogP contribution in [0, 0.1) is 6.92 Å². The summed E-state index contributed by atoms with van der Waals surface area (Å²) < 4.78 is 13.4. The predicted molar refractivity (Wildman–Crippen MR) is 178 cm³/mol. The minimum Gasteiger partial charge on any atom is -0.486 e. The number of anilines is 1. The second kappa shape index (κ2) is 11.6. The summed E-state index contributed by atoms with van der Waals surface area (Å²) in [6.07, 6.45) is 5.16. The molecule has 1 aliphatic rings. The van der Waals surface area contributed by atoms with Gasteiger partial charge in [-0.3, -0.25) is 19.3 Å². The first-order chi connectivity index (χ1) is 23.0. The van der Waals surface area contributed by atoms with Crippen molar-refractivity contribution in [2.45, 2.75) is 26.0 Å². The smallest absolute Gasteiger partial charge is 0.267 e. The van der Waals surface area contributed by atoms with E-state index >= 15 is 0 Å². The SMILES string of the molecule is Cc1ccc2[nH]cc(CC(=O)NCc3ccc(-n4c(=O)c5c[nH]nc5c5cnc(NCC6COc7ccccc7O6)nc54)cc3)c2c1. The number of H-pyrrole nitrogens is 2. The van der Waals surface area contributed by atoms with Crippen LogP contribution >= 0.6 is 0 Å². The highest BCUT2D eigenvalue weighted by Crippen LogP contribution is 2.31. The van der Waals surface area contributed by atoms with Crippen LogP contribution in [0.15, 0.2) is 90.1 Å². The largest absolute Gasteiger partial charge is 0.486 e. The van der Waals surface area contributed by atoms with Gasteiger partial charge in [0.1, 0.15) is 18.2 Å². The summed E-state index contributed by atoms with van der Waals surface area (Å²) in [6, 6.07) is 21.2. The molecule has 0 spiro atoms. The Morgan fingerprint density at radius 3 is 2.74 bits per heavy atom. The number of amides is 1. The number of para-hydroxylation sites is 2. The summed E-state index contributed by atoms with van der Waals surface area (Å²) in [5.41, 5.74) is 5.28. The van der Waals surface area contributed by atoms with Crippen LogP contribution in [0.4, 0.5) is 5.95 Å². The van der Waals surface area contributed by atoms with Crippen LogP contribution in [0.25, 0.3) is 38.5 Å². The van der Waals surface area contributed by atoms with E-state index in [9.17, 15) is 9.59 Å². The molecule has 0 fully saturated rings. The zero-order valence-corrected chi connectivity index (χ0v) is 25.4. The van der Waals surface area contributed by atoms with Crippen molar-refractivity contribution >= 4 is 44.7 Å². The number of aromatic nitrogens is 6. The van der Waals surface area contributed by atoms with Crippen molar-refractivity contribution in [2.24, 2.45) is 0 Å². The summed E-state index contributed by atoms with van der Waals surface area (Å²) in [5.74, 6) is 1.67. The molecule has 4 N–H and O–H groups in total. The molecule has 4 aromatic heterocycles. The lowest BCUT2D eigenvalue weighted by molar-refractivity contribution is -0.120. The topological polar surface area (TPSA) is 152 Å². The zero-order chi connectivity index (χ0) is 31.9. The fourth-order valence-corrected chi connectivity index (χ4v) is 5.92. The maximum Gasteiger partial charge on any atom is 0.267 e. The highest BCUT2D eigenvalue weighted by molar-refractivity contribution is 6.02. The molecule has 8 rings (SSSR count). The number of nitrogens with one attached hydrogen (secondary N) is 4. The van der Waals surface area contributed by atoms with Gasteiger partial charge in [-0.25, -0.2) is 4.98 Å². The monoisotopic (exact) mass is 626 g/mol. The number of hydrogen-bond acceptors (Lipinski definition) is 8. The first-order valence-corrected chi connectivity index (χ1v) is 15.3. The number of rotatable bonds is 8. The van der Waals surface area contributed by atoms with Crippen molar-refractivity contribution in [1.29, 1.82) is 0 Å². The zero-order valence-electron chi connectivity index (χ0n) is 25.4. The fourth-order valence-electron chi connectivity index (χ4n) is 5.92. The Morgan fingerprint density at radius 1 is 1.02 bits per heavy atom. The molecule has 1 aliphatic heterocycles. The Labute approximate surface area is 267 Å². The van der Waals surface area contributed by atoms with Crippen LogP contribution in [-0.2, 0) is 17.8 Å². The number of benzene rings is 3. The van der Waals surface area contributed by atoms with E-state index in [1.807, 2.05) is 73.8 Å². The number of carbonyl (C=O) groups excluding carboxylic acids is 1. The third-order valence-corrected chi connectivity index (χ3v) is 8.32. The summed E-state index contributed by atoms with van der Waals surface area (Å²) in [6.45, 7) is 3.17. The minimum atomic E-state index is -0.262. The minimum absolute atomic E-state index is 0.0739. The molecule has 0 saturated heterocycles. The van der Waals surface area contributed by atoms with Crippen molar-refractivity contribution in [3.8, 4) is 17.2 Å². The molecule has 0 bridgehead atoms. The van der Waals surface area contributed by atoms with Crippen molar-refractivity contribution < 1.29 is 14.3 Å². The van der Waals surface area contributed by atoms with Crippen molar-refractivity contribution in [1.82, 2.24) is 35.0 Å². The average molecular weight is 627 g/mol. The van der Waals surface area contributed by atoms with E-state index in [1.54, 1.807) is 17.0 Å². The van der Waals surface area contributed by atoms with Crippen LogP contribution in [0.2, 0.25) is 0 Å². The number of ether oxygens (including phenoxy) is 2. The predicted octanol–water partition coefficient (Wildman–Crippen LogP) is 4.56. The van der Waals surface area contributed by atoms with Gasteiger partial charge in [0.25, 0.3) is 5.56 Å². The quantitative estimate of drug-likeness (QED) is 0.192. The Kier molecular flexibility index (Phi) is 7.01. The first kappa shape index (κ1) is 28.3. The number of fused-ring (bicyclic) bond motifs is 5. The van der Waals surface area contributed by atoms with Crippen LogP contribution < -0.4 is 25.7 Å². The van der Waals surface area contributed by atoms with Gasteiger partial charge < -0.3 is 25.1 Å². The summed E-state index contributed by atoms with van der Waals surface area (Å²) in [4.78, 5) is 39.0. The summed E-state index contributed by atoms with van der Waals surface area (Å²) in [7, 11) is 0. The maximum absolute atomic E-state index is 13.7. The molecule has 0 aliphatic carbocycles. The normalized spacial score (nSPS) is 14.1. The number of carbonyl (C=O) groups is 1. The third-order valence-electron chi connectivity index (χ3n) is 8.32. The lowest BCUT2D eigenvalue weighted by Gasteiger charge is -2.26. The first-order valence-electron chi connectivity index (χ1n) is 15.3. The van der Waals surface area contributed by atoms with Crippen molar-refractivity contribution in [3.05, 3.63) is 112 Å². The van der Waals surface area contributed by atoms with E-state index in [1.165, 1.54) is 0 Å². The molecule has 1 amide bonds. The molecule has 1 atom stereocenters. The Hall–Kier alpha value is -6.17. The van der Waals surface area contributed by atoms with Gasteiger partial charge >= 0.3 is 0 Å². The Morgan fingerprint density at radius 2 is 1.87 bits per heavy atom. The van der Waals surface area contributed by atoms with E-state index in [0.717, 1.165) is 27.6 Å². The molecule has 0 radical (unpaired) electrons. The second-order valence-corrected chi connectivity index (χ2v) is 11.6. The molecular weight excluding hydrogens is 596 g/mol. The van der Waals surface area contributed by atoms with Gasteiger partial charge in [-0.15, -0.1) is 0 Å². The average Bonchev–Trinajstić information content (AvgIpc) is 3.75. The molecule has 3 aromatic carbocycles. The Bertz CT molecular complexity index is 2340. The molecule has 5 heterocycles. The molecule has 234 valence electrons. The number of aromatic amines is 2. The van der Waals surface area contributed by atoms with E-state index in [0.29, 0.717) is 64.8 Å². The number of aryl methyl sites for hydroxylation is 1. The van der Waals surface area contributed by atoms with Crippen molar-refractivity contribution in [2.75, 3.05) is 18.5 Å². The lowest BCUT2D eigenvalue weighted by atomic mass is 10.1. The standard InChI is InChI=1S/C35H30N8O4/c1-20-6-11-28-25(12-20)22(15-36-28)13-31(44)37-14-21-7-9-23(10-8-21)43-33-26(32-27(34(43)45)18-40-42-32)17-39-35(41-33)38-16-24-19-46-29-4-2-3-5-30(29)47-24/h2-12,15,17-18,24,36H,13-14,16,19H2,1H3,(H,37,44)(H,40,42)(H,38,39,41). The lowest BCUT2D eigenvalue weighted by Crippen LogP contribution is -2.35. The maximum atomic E-state index is 13.7. The van der Waals surface area contributed by atoms with Gasteiger partial charge in [0.05, 0.1) is 29.4 Å². The Balaban J connectivity index is 1.01. The molecule has 1 unspecified atom stereocenters. The molecule has 7 aromatic rings. The van der Waals surface area contributed by atoms with E-state index < -0.39 is 0 Å². The van der Waals surface area contributed by atoms with Gasteiger partial charge in [0.15, 0.2) is 17.1 Å². The highest BCUT2D eigenvalue weighted by atomic mass is 16.6. The second-order valence-electron chi connectivity index (χ2n) is 11.6. The van der Waals surface area contributed by atoms with E-state index in [-0.39, 0.29) is 24.0 Å². The van der Waals surface area contributed by atoms with Gasteiger partial charge in [-0.1, -0.05) is 35.9 Å². The number of nitrogens with zero attached hydrogens (tertiary/aromatic N) is 4. The highest BCUT2D eigenvalue weighted by Gasteiger charge is 2.22. The van der Waals surface area contributed by atoms with Crippen LogP contribution in [0.5, 0.6) is 11.5 Å². The fraction of sp³-hybridized carbons (Fsp3) is 0.171. The molecular formula is C35H30N8O4. The van der Waals surface area contributed by atoms with Gasteiger partial charge in [0.2, 0.25) is 11.9 Å².